The summed E-state index contributed by atoms with van der Waals surface area (Å²) in [5.74, 6) is 0.865. The van der Waals surface area contributed by atoms with Crippen LogP contribution in [0.15, 0.2) is 30.3 Å². The van der Waals surface area contributed by atoms with E-state index in [1.807, 2.05) is 36.4 Å². The molecule has 16 heavy (non-hydrogen) atoms. The van der Waals surface area contributed by atoms with Crippen molar-refractivity contribution in [3.63, 3.8) is 0 Å². The van der Waals surface area contributed by atoms with Crippen molar-refractivity contribution in [3.8, 4) is 5.75 Å². The summed E-state index contributed by atoms with van der Waals surface area (Å²) >= 11 is 0. The number of hydrogen-bond donors (Lipinski definition) is 1. The molecular formula is C13H17NO2. The molecule has 3 heteroatoms. The van der Waals surface area contributed by atoms with Crippen LogP contribution in [0.4, 0.5) is 0 Å². The summed E-state index contributed by atoms with van der Waals surface area (Å²) in [7, 11) is 1.66. The number of rotatable bonds is 5. The Morgan fingerprint density at radius 2 is 2.19 bits per heavy atom. The molecule has 0 unspecified atom stereocenters. The van der Waals surface area contributed by atoms with Gasteiger partial charge in [0.25, 0.3) is 0 Å². The fourth-order valence-electron chi connectivity index (χ4n) is 1.35. The van der Waals surface area contributed by atoms with Gasteiger partial charge in [-0.25, -0.2) is 0 Å². The predicted octanol–water partition coefficient (Wildman–Crippen LogP) is 2.23. The molecule has 0 aromatic heterocycles. The number of carbonyl (C=O) groups excluding carboxylic acids is 1. The van der Waals surface area contributed by atoms with Crippen molar-refractivity contribution in [2.45, 2.75) is 13.3 Å². The average molecular weight is 219 g/mol. The van der Waals surface area contributed by atoms with Crippen molar-refractivity contribution in [2.24, 2.45) is 0 Å². The molecular weight excluding hydrogens is 202 g/mol. The number of carbonyl (C=O) groups is 1. The first-order valence-corrected chi connectivity index (χ1v) is 5.28. The van der Waals surface area contributed by atoms with Crippen LogP contribution >= 0.6 is 0 Å². The lowest BCUT2D eigenvalue weighted by Gasteiger charge is -2.03. The second-order valence-electron chi connectivity index (χ2n) is 3.42. The third-order valence-corrected chi connectivity index (χ3v) is 2.12. The number of para-hydroxylation sites is 1. The number of ether oxygens (including phenoxy) is 1. The quantitative estimate of drug-likeness (QED) is 0.771. The van der Waals surface area contributed by atoms with Crippen LogP contribution in [0.3, 0.4) is 0 Å². The van der Waals surface area contributed by atoms with Gasteiger partial charge in [-0.05, 0) is 12.5 Å². The minimum Gasteiger partial charge on any atom is -0.496 e. The summed E-state index contributed by atoms with van der Waals surface area (Å²) in [5.41, 5.74) is 1.05. The summed E-state index contributed by atoms with van der Waals surface area (Å²) in [6.07, 6.45) is 4.84. The van der Waals surface area contributed by atoms with Crippen LogP contribution in [0.5, 0.6) is 5.75 Å². The van der Waals surface area contributed by atoms with Gasteiger partial charge in [-0.15, -0.1) is 0 Å². The lowest BCUT2D eigenvalue weighted by Crippen LogP contribution is -2.20. The van der Waals surface area contributed by atoms with Gasteiger partial charge in [0.15, 0.2) is 0 Å². The Bertz CT molecular complexity index is 372. The van der Waals surface area contributed by atoms with E-state index in [-0.39, 0.29) is 5.91 Å². The first kappa shape index (κ1) is 12.3. The van der Waals surface area contributed by atoms with Gasteiger partial charge in [-0.1, -0.05) is 30.4 Å². The normalized spacial score (nSPS) is 10.4. The van der Waals surface area contributed by atoms with E-state index in [0.717, 1.165) is 17.7 Å². The second kappa shape index (κ2) is 6.67. The Hall–Kier alpha value is -1.77. The highest BCUT2D eigenvalue weighted by Crippen LogP contribution is 2.18. The fourth-order valence-corrected chi connectivity index (χ4v) is 1.35. The standard InChI is InChI=1S/C13H17NO2/c1-11(15)14-10-6-5-8-12-7-3-4-9-13(12)16-2/h3-5,7-9H,6,10H2,1-2H3,(H,14,15). The van der Waals surface area contributed by atoms with Crippen LogP contribution in [-0.4, -0.2) is 19.6 Å². The maximum Gasteiger partial charge on any atom is 0.216 e. The smallest absolute Gasteiger partial charge is 0.216 e. The molecule has 0 aliphatic carbocycles. The number of amides is 1. The summed E-state index contributed by atoms with van der Waals surface area (Å²) in [6.45, 7) is 2.19. The lowest BCUT2D eigenvalue weighted by atomic mass is 10.2. The highest BCUT2D eigenvalue weighted by atomic mass is 16.5. The highest BCUT2D eigenvalue weighted by molar-refractivity contribution is 5.72. The Balaban J connectivity index is 2.46. The number of methoxy groups -OCH3 is 1. The fraction of sp³-hybridized carbons (Fsp3) is 0.308. The monoisotopic (exact) mass is 219 g/mol. The first-order chi connectivity index (χ1) is 7.74. The molecule has 0 radical (unpaired) electrons. The predicted molar refractivity (Wildman–Crippen MR) is 65.3 cm³/mol. The van der Waals surface area contributed by atoms with Gasteiger partial charge < -0.3 is 10.1 Å². The third-order valence-electron chi connectivity index (χ3n) is 2.12. The van der Waals surface area contributed by atoms with E-state index in [9.17, 15) is 4.79 Å². The van der Waals surface area contributed by atoms with Crippen LogP contribution in [0.2, 0.25) is 0 Å². The molecule has 0 aliphatic heterocycles. The third kappa shape index (κ3) is 4.17. The summed E-state index contributed by atoms with van der Waals surface area (Å²) in [6, 6.07) is 7.82. The molecule has 0 saturated carbocycles. The van der Waals surface area contributed by atoms with E-state index >= 15 is 0 Å². The van der Waals surface area contributed by atoms with Crippen molar-refractivity contribution < 1.29 is 9.53 Å². The van der Waals surface area contributed by atoms with E-state index in [1.54, 1.807) is 7.11 Å². The van der Waals surface area contributed by atoms with Crippen LogP contribution in [0.25, 0.3) is 6.08 Å². The summed E-state index contributed by atoms with van der Waals surface area (Å²) in [4.78, 5) is 10.6. The molecule has 1 rings (SSSR count). The van der Waals surface area contributed by atoms with Crippen LogP contribution in [-0.2, 0) is 4.79 Å². The van der Waals surface area contributed by atoms with E-state index in [0.29, 0.717) is 6.54 Å². The van der Waals surface area contributed by atoms with Crippen molar-refractivity contribution in [1.29, 1.82) is 0 Å². The SMILES string of the molecule is COc1ccccc1C=CCCNC(C)=O. The molecule has 0 atom stereocenters. The Morgan fingerprint density at radius 1 is 1.44 bits per heavy atom. The minimum absolute atomic E-state index is 0.00527. The number of hydrogen-bond acceptors (Lipinski definition) is 2. The topological polar surface area (TPSA) is 38.3 Å². The van der Waals surface area contributed by atoms with Gasteiger partial charge in [0, 0.05) is 19.0 Å². The molecule has 0 heterocycles. The Morgan fingerprint density at radius 3 is 2.88 bits per heavy atom. The van der Waals surface area contributed by atoms with Gasteiger partial charge in [-0.3, -0.25) is 4.79 Å². The minimum atomic E-state index is 0.00527. The molecule has 1 N–H and O–H groups in total. The van der Waals surface area contributed by atoms with E-state index in [1.165, 1.54) is 6.92 Å². The zero-order valence-corrected chi connectivity index (χ0v) is 9.69. The molecule has 1 aromatic carbocycles. The first-order valence-electron chi connectivity index (χ1n) is 5.28. The van der Waals surface area contributed by atoms with Crippen LogP contribution in [0, 0.1) is 0 Å². The van der Waals surface area contributed by atoms with Gasteiger partial charge in [0.2, 0.25) is 5.91 Å². The van der Waals surface area contributed by atoms with Crippen molar-refractivity contribution >= 4 is 12.0 Å². The Kier molecular flexibility index (Phi) is 5.12. The number of nitrogens with one attached hydrogen (secondary N) is 1. The van der Waals surface area contributed by atoms with Crippen LogP contribution < -0.4 is 10.1 Å². The van der Waals surface area contributed by atoms with Gasteiger partial charge >= 0.3 is 0 Å². The molecule has 0 saturated heterocycles. The van der Waals surface area contributed by atoms with Gasteiger partial charge in [0.05, 0.1) is 7.11 Å². The molecule has 1 amide bonds. The number of benzene rings is 1. The molecule has 0 bridgehead atoms. The highest BCUT2D eigenvalue weighted by Gasteiger charge is 1.95. The van der Waals surface area contributed by atoms with E-state index < -0.39 is 0 Å². The van der Waals surface area contributed by atoms with Crippen molar-refractivity contribution in [1.82, 2.24) is 5.32 Å². The van der Waals surface area contributed by atoms with Gasteiger partial charge in [-0.2, -0.15) is 0 Å². The lowest BCUT2D eigenvalue weighted by molar-refractivity contribution is -0.118. The molecule has 86 valence electrons. The molecule has 0 aliphatic rings. The van der Waals surface area contributed by atoms with E-state index in [4.69, 9.17) is 4.74 Å². The van der Waals surface area contributed by atoms with Crippen molar-refractivity contribution in [2.75, 3.05) is 13.7 Å². The van der Waals surface area contributed by atoms with E-state index in [2.05, 4.69) is 5.32 Å². The molecule has 0 fully saturated rings. The zero-order valence-electron chi connectivity index (χ0n) is 9.69. The van der Waals surface area contributed by atoms with Gasteiger partial charge in [0.1, 0.15) is 5.75 Å². The maximum atomic E-state index is 10.6. The molecule has 0 spiro atoms. The van der Waals surface area contributed by atoms with Crippen LogP contribution in [0.1, 0.15) is 18.9 Å². The molecule has 3 nitrogen and oxygen atoms in total. The summed E-state index contributed by atoms with van der Waals surface area (Å²) < 4.78 is 5.22. The molecule has 1 aromatic rings. The second-order valence-corrected chi connectivity index (χ2v) is 3.42. The zero-order chi connectivity index (χ0) is 11.8. The maximum absolute atomic E-state index is 10.6. The average Bonchev–Trinajstić information content (AvgIpc) is 2.29. The summed E-state index contributed by atoms with van der Waals surface area (Å²) in [5, 5.41) is 2.74. The largest absolute Gasteiger partial charge is 0.496 e. The Labute approximate surface area is 96.1 Å². The van der Waals surface area contributed by atoms with Crippen molar-refractivity contribution in [3.05, 3.63) is 35.9 Å².